The zero-order valence-corrected chi connectivity index (χ0v) is 13.5. The second kappa shape index (κ2) is 5.92. The molecule has 5 heteroatoms. The highest BCUT2D eigenvalue weighted by Gasteiger charge is 2.08. The van der Waals surface area contributed by atoms with Crippen molar-refractivity contribution in [2.24, 2.45) is 0 Å². The first-order valence-corrected chi connectivity index (χ1v) is 7.40. The van der Waals surface area contributed by atoms with Gasteiger partial charge in [0.25, 0.3) is 0 Å². The summed E-state index contributed by atoms with van der Waals surface area (Å²) >= 11 is 6.55. The number of nitrogens with two attached hydrogens (primary N) is 1. The van der Waals surface area contributed by atoms with E-state index < -0.39 is 0 Å². The van der Waals surface area contributed by atoms with E-state index in [4.69, 9.17) is 5.73 Å². The fourth-order valence-electron chi connectivity index (χ4n) is 1.79. The number of halogens is 3. The summed E-state index contributed by atoms with van der Waals surface area (Å²) in [6.07, 6.45) is 0.876. The van der Waals surface area contributed by atoms with E-state index in [0.29, 0.717) is 15.8 Å². The van der Waals surface area contributed by atoms with Crippen LogP contribution in [0.15, 0.2) is 39.3 Å². The highest BCUT2D eigenvalue weighted by molar-refractivity contribution is 9.10. The van der Waals surface area contributed by atoms with Gasteiger partial charge in [-0.1, -0.05) is 22.9 Å². The highest BCUT2D eigenvalue weighted by atomic mass is 79.9. The van der Waals surface area contributed by atoms with Crippen molar-refractivity contribution < 1.29 is 4.39 Å². The Bertz CT molecular complexity index is 615. The summed E-state index contributed by atoms with van der Waals surface area (Å²) < 4.78 is 14.9. The largest absolute Gasteiger partial charge is 0.397 e. The average Bonchev–Trinajstić information content (AvgIpc) is 2.37. The minimum Gasteiger partial charge on any atom is -0.397 e. The summed E-state index contributed by atoms with van der Waals surface area (Å²) in [5.74, 6) is -0.341. The molecule has 0 unspecified atom stereocenters. The van der Waals surface area contributed by atoms with E-state index in [0.717, 1.165) is 22.1 Å². The van der Waals surface area contributed by atoms with Crippen molar-refractivity contribution in [2.75, 3.05) is 11.1 Å². The maximum Gasteiger partial charge on any atom is 0.139 e. The molecule has 19 heavy (non-hydrogen) atoms. The predicted octanol–water partition coefficient (Wildman–Crippen LogP) is 5.24. The van der Waals surface area contributed by atoms with Crippen LogP contribution in [0.4, 0.5) is 21.5 Å². The van der Waals surface area contributed by atoms with Gasteiger partial charge in [-0.3, -0.25) is 0 Å². The van der Waals surface area contributed by atoms with E-state index in [9.17, 15) is 4.39 Å². The van der Waals surface area contributed by atoms with E-state index in [1.807, 2.05) is 18.2 Å². The van der Waals surface area contributed by atoms with E-state index >= 15 is 0 Å². The lowest BCUT2D eigenvalue weighted by Crippen LogP contribution is -2.00. The number of hydrogen-bond acceptors (Lipinski definition) is 2. The predicted molar refractivity (Wildman–Crippen MR) is 85.3 cm³/mol. The summed E-state index contributed by atoms with van der Waals surface area (Å²) in [5.41, 5.74) is 9.02. The summed E-state index contributed by atoms with van der Waals surface area (Å²) in [7, 11) is 0. The number of rotatable bonds is 3. The Morgan fingerprint density at radius 3 is 2.58 bits per heavy atom. The molecule has 0 bridgehead atoms. The van der Waals surface area contributed by atoms with Gasteiger partial charge >= 0.3 is 0 Å². The van der Waals surface area contributed by atoms with Crippen molar-refractivity contribution in [3.63, 3.8) is 0 Å². The van der Waals surface area contributed by atoms with Gasteiger partial charge in [-0.05, 0) is 52.2 Å². The SMILES string of the molecule is CCc1cc(Br)ccc1Nc1cc(F)c(Br)cc1N. The standard InChI is InChI=1S/C14H13Br2FN2/c1-2-8-5-9(15)3-4-13(8)19-14-7-11(17)10(16)6-12(14)18/h3-7,19H,2,18H2,1H3. The molecule has 3 N–H and O–H groups in total. The van der Waals surface area contributed by atoms with Gasteiger partial charge in [-0.15, -0.1) is 0 Å². The lowest BCUT2D eigenvalue weighted by molar-refractivity contribution is 0.622. The van der Waals surface area contributed by atoms with E-state index in [1.54, 1.807) is 6.07 Å². The number of benzene rings is 2. The molecule has 2 aromatic rings. The zero-order valence-electron chi connectivity index (χ0n) is 10.3. The molecule has 0 atom stereocenters. The van der Waals surface area contributed by atoms with Crippen LogP contribution in [0.3, 0.4) is 0 Å². The smallest absolute Gasteiger partial charge is 0.139 e. The molecule has 2 aromatic carbocycles. The van der Waals surface area contributed by atoms with Crippen LogP contribution < -0.4 is 11.1 Å². The molecule has 0 saturated heterocycles. The maximum absolute atomic E-state index is 13.6. The molecule has 0 aliphatic heterocycles. The molecule has 2 rings (SSSR count). The van der Waals surface area contributed by atoms with Crippen LogP contribution in [0, 0.1) is 5.82 Å². The van der Waals surface area contributed by atoms with Gasteiger partial charge in [0, 0.05) is 16.2 Å². The van der Waals surface area contributed by atoms with Crippen LogP contribution in [0.2, 0.25) is 0 Å². The van der Waals surface area contributed by atoms with Gasteiger partial charge in [0.1, 0.15) is 5.82 Å². The fourth-order valence-corrected chi connectivity index (χ4v) is 2.56. The van der Waals surface area contributed by atoms with Crippen molar-refractivity contribution in [1.29, 1.82) is 0 Å². The average molecular weight is 388 g/mol. The Morgan fingerprint density at radius 2 is 1.89 bits per heavy atom. The van der Waals surface area contributed by atoms with E-state index in [-0.39, 0.29) is 5.82 Å². The first-order chi connectivity index (χ1) is 9.01. The zero-order chi connectivity index (χ0) is 14.0. The quantitative estimate of drug-likeness (QED) is 0.706. The number of anilines is 3. The van der Waals surface area contributed by atoms with Crippen molar-refractivity contribution in [1.82, 2.24) is 0 Å². The van der Waals surface area contributed by atoms with E-state index in [2.05, 4.69) is 44.1 Å². The fraction of sp³-hybridized carbons (Fsp3) is 0.143. The number of hydrogen-bond donors (Lipinski definition) is 2. The Balaban J connectivity index is 2.39. The van der Waals surface area contributed by atoms with Crippen molar-refractivity contribution in [3.05, 3.63) is 50.7 Å². The van der Waals surface area contributed by atoms with E-state index in [1.165, 1.54) is 6.07 Å². The molecule has 0 aliphatic rings. The van der Waals surface area contributed by atoms with Crippen molar-refractivity contribution in [2.45, 2.75) is 13.3 Å². The Kier molecular flexibility index (Phi) is 4.47. The molecule has 0 aromatic heterocycles. The van der Waals surface area contributed by atoms with Gasteiger partial charge in [0.05, 0.1) is 15.8 Å². The van der Waals surface area contributed by atoms with Crippen LogP contribution in [0.5, 0.6) is 0 Å². The molecule has 0 aliphatic carbocycles. The first kappa shape index (κ1) is 14.3. The molecule has 0 heterocycles. The number of nitrogen functional groups attached to an aromatic ring is 1. The number of aryl methyl sites for hydroxylation is 1. The third-order valence-corrected chi connectivity index (χ3v) is 3.91. The molecule has 0 fully saturated rings. The molecule has 0 amide bonds. The topological polar surface area (TPSA) is 38.0 Å². The molecular formula is C14H13Br2FN2. The summed E-state index contributed by atoms with van der Waals surface area (Å²) in [4.78, 5) is 0. The third-order valence-electron chi connectivity index (χ3n) is 2.81. The molecule has 100 valence electrons. The minimum absolute atomic E-state index is 0.341. The molecule has 0 saturated carbocycles. The van der Waals surface area contributed by atoms with Crippen LogP contribution in [0.25, 0.3) is 0 Å². The van der Waals surface area contributed by atoms with Gasteiger partial charge in [-0.25, -0.2) is 4.39 Å². The Morgan fingerprint density at radius 1 is 1.16 bits per heavy atom. The monoisotopic (exact) mass is 386 g/mol. The van der Waals surface area contributed by atoms with Crippen molar-refractivity contribution in [3.8, 4) is 0 Å². The van der Waals surface area contributed by atoms with Gasteiger partial charge < -0.3 is 11.1 Å². The highest BCUT2D eigenvalue weighted by Crippen LogP contribution is 2.31. The third kappa shape index (κ3) is 3.28. The number of nitrogens with one attached hydrogen (secondary N) is 1. The lowest BCUT2D eigenvalue weighted by atomic mass is 10.1. The maximum atomic E-state index is 13.6. The van der Waals surface area contributed by atoms with Gasteiger partial charge in [-0.2, -0.15) is 0 Å². The van der Waals surface area contributed by atoms with Crippen LogP contribution in [-0.4, -0.2) is 0 Å². The van der Waals surface area contributed by atoms with Crippen LogP contribution >= 0.6 is 31.9 Å². The normalized spacial score (nSPS) is 10.5. The Labute approximate surface area is 128 Å². The summed E-state index contributed by atoms with van der Waals surface area (Å²) in [6, 6.07) is 8.87. The molecule has 0 radical (unpaired) electrons. The summed E-state index contributed by atoms with van der Waals surface area (Å²) in [6.45, 7) is 2.07. The van der Waals surface area contributed by atoms with Crippen LogP contribution in [0.1, 0.15) is 12.5 Å². The molecular weight excluding hydrogens is 375 g/mol. The second-order valence-corrected chi connectivity index (χ2v) is 5.90. The van der Waals surface area contributed by atoms with Crippen molar-refractivity contribution >= 4 is 48.9 Å². The van der Waals surface area contributed by atoms with Crippen LogP contribution in [-0.2, 0) is 6.42 Å². The molecule has 0 spiro atoms. The summed E-state index contributed by atoms with van der Waals surface area (Å²) in [5, 5.41) is 3.18. The molecule has 2 nitrogen and oxygen atoms in total. The van der Waals surface area contributed by atoms with Gasteiger partial charge in [0.2, 0.25) is 0 Å². The first-order valence-electron chi connectivity index (χ1n) is 5.81. The second-order valence-electron chi connectivity index (χ2n) is 4.13. The van der Waals surface area contributed by atoms with Gasteiger partial charge in [0.15, 0.2) is 0 Å². The Hall–Kier alpha value is -1.07. The minimum atomic E-state index is -0.341. The lowest BCUT2D eigenvalue weighted by Gasteiger charge is -2.14.